The van der Waals surface area contributed by atoms with Crippen LogP contribution in [0, 0.1) is 18.3 Å². The maximum Gasteiger partial charge on any atom is 0.211 e. The number of aromatic amines is 1. The normalized spacial score (nSPS) is 19.1. The van der Waals surface area contributed by atoms with Crippen LogP contribution in [0.15, 0.2) is 52.9 Å². The Morgan fingerprint density at radius 3 is 2.63 bits per heavy atom. The number of hydrogen-bond donors (Lipinski definition) is 1. The van der Waals surface area contributed by atoms with Crippen molar-refractivity contribution in [1.82, 2.24) is 14.3 Å². The molecule has 1 aromatic carbocycles. The van der Waals surface area contributed by atoms with E-state index in [1.54, 1.807) is 17.7 Å². The molecule has 0 spiro atoms. The molecule has 1 unspecified atom stereocenters. The second-order valence-corrected chi connectivity index (χ2v) is 11.4. The van der Waals surface area contributed by atoms with Gasteiger partial charge in [-0.3, -0.25) is 4.99 Å². The topological polar surface area (TPSA) is 78.4 Å². The summed E-state index contributed by atoms with van der Waals surface area (Å²) >= 11 is 6.34. The molecule has 4 rings (SSSR count). The van der Waals surface area contributed by atoms with Crippen LogP contribution in [-0.4, -0.2) is 55.3 Å². The van der Waals surface area contributed by atoms with Crippen LogP contribution in [0.3, 0.4) is 0 Å². The fourth-order valence-corrected chi connectivity index (χ4v) is 5.79. The maximum absolute atomic E-state index is 11.9. The van der Waals surface area contributed by atoms with Crippen molar-refractivity contribution in [2.45, 2.75) is 38.5 Å². The van der Waals surface area contributed by atoms with E-state index in [1.807, 2.05) is 12.3 Å². The summed E-state index contributed by atoms with van der Waals surface area (Å²) in [7, 11) is -1.48. The van der Waals surface area contributed by atoms with Crippen molar-refractivity contribution in [2.24, 2.45) is 10.9 Å². The number of terminal acetylenes is 1. The number of aromatic nitrogens is 2. The van der Waals surface area contributed by atoms with Crippen LogP contribution in [0.4, 0.5) is 0 Å². The minimum Gasteiger partial charge on any atom is -0.348 e. The first-order valence-electron chi connectivity index (χ1n) is 11.7. The van der Waals surface area contributed by atoms with E-state index in [-0.39, 0.29) is 5.92 Å². The van der Waals surface area contributed by atoms with Gasteiger partial charge in [0.05, 0.1) is 18.8 Å². The summed E-state index contributed by atoms with van der Waals surface area (Å²) in [6, 6.07) is 6.16. The second-order valence-electron chi connectivity index (χ2n) is 8.95. The van der Waals surface area contributed by atoms with Gasteiger partial charge in [0.25, 0.3) is 0 Å². The van der Waals surface area contributed by atoms with Crippen LogP contribution >= 0.6 is 11.6 Å². The summed E-state index contributed by atoms with van der Waals surface area (Å²) in [5.41, 5.74) is 6.18. The Morgan fingerprint density at radius 2 is 2.06 bits per heavy atom. The molecular weight excluding hydrogens is 480 g/mol. The molecule has 0 radical (unpaired) electrons. The molecule has 6 nitrogen and oxygen atoms in total. The number of H-pyrrole nitrogens is 1. The van der Waals surface area contributed by atoms with Crippen LogP contribution in [0.2, 0.25) is 5.02 Å². The van der Waals surface area contributed by atoms with Crippen LogP contribution in [0.25, 0.3) is 6.08 Å². The van der Waals surface area contributed by atoms with E-state index in [0.717, 1.165) is 36.4 Å². The van der Waals surface area contributed by atoms with Crippen molar-refractivity contribution in [2.75, 3.05) is 26.4 Å². The van der Waals surface area contributed by atoms with Crippen LogP contribution in [-0.2, 0) is 16.4 Å². The van der Waals surface area contributed by atoms with Crippen molar-refractivity contribution in [3.63, 3.8) is 0 Å². The Bertz CT molecular complexity index is 1230. The van der Waals surface area contributed by atoms with Gasteiger partial charge in [-0.25, -0.2) is 17.7 Å². The maximum atomic E-state index is 11.9. The summed E-state index contributed by atoms with van der Waals surface area (Å²) in [5.74, 6) is 2.90. The first-order chi connectivity index (χ1) is 16.7. The van der Waals surface area contributed by atoms with E-state index in [2.05, 4.69) is 52.1 Å². The highest BCUT2D eigenvalue weighted by Crippen LogP contribution is 2.41. The lowest BCUT2D eigenvalue weighted by atomic mass is 9.78. The third-order valence-electron chi connectivity index (χ3n) is 6.57. The number of rotatable bonds is 5. The monoisotopic (exact) mass is 512 g/mol. The standard InChI is InChI=1S/C23H28ClN3O2S.C4H5N/c1-16-11-23(17-7-9-27(10-8-17)30(2,28)29)22-6-4-20(24)13-19(22)12-18(16)3-5-21-14-25-15-26-21;1-3-4-5-2/h4,6,11-15,17,23H,3,5,7-10H2,1-2H3,(H,25,26);1,4H,2H3. The molecule has 1 aliphatic carbocycles. The number of sulfonamides is 1. The second kappa shape index (κ2) is 12.3. The first kappa shape index (κ1) is 26.9. The largest absolute Gasteiger partial charge is 0.348 e. The number of nitrogens with zero attached hydrogens (tertiary/aromatic N) is 3. The van der Waals surface area contributed by atoms with Crippen molar-refractivity contribution >= 4 is 33.9 Å². The number of hydrogen-bond acceptors (Lipinski definition) is 4. The zero-order valence-corrected chi connectivity index (χ0v) is 22.1. The Balaban J connectivity index is 0.000000623. The smallest absolute Gasteiger partial charge is 0.211 e. The van der Waals surface area contributed by atoms with Gasteiger partial charge in [0.2, 0.25) is 10.0 Å². The predicted octanol–water partition coefficient (Wildman–Crippen LogP) is 5.11. The molecule has 0 amide bonds. The van der Waals surface area contributed by atoms with E-state index in [4.69, 9.17) is 18.0 Å². The lowest BCUT2D eigenvalue weighted by Crippen LogP contribution is -2.39. The van der Waals surface area contributed by atoms with Gasteiger partial charge < -0.3 is 4.98 Å². The zero-order chi connectivity index (χ0) is 25.4. The number of benzene rings is 1. The van der Waals surface area contributed by atoms with E-state index in [0.29, 0.717) is 19.0 Å². The number of aryl methyl sites for hydroxylation is 1. The molecule has 2 aliphatic rings. The van der Waals surface area contributed by atoms with Crippen molar-refractivity contribution in [3.05, 3.63) is 69.8 Å². The van der Waals surface area contributed by atoms with Gasteiger partial charge in [0, 0.05) is 43.0 Å². The van der Waals surface area contributed by atoms with Crippen molar-refractivity contribution < 1.29 is 8.42 Å². The number of imidazole rings is 1. The van der Waals surface area contributed by atoms with Gasteiger partial charge in [-0.1, -0.05) is 41.3 Å². The molecule has 2 heterocycles. The van der Waals surface area contributed by atoms with E-state index < -0.39 is 10.0 Å². The number of nitrogens with one attached hydrogen (secondary N) is 1. The molecule has 1 saturated heterocycles. The summed E-state index contributed by atoms with van der Waals surface area (Å²) in [5, 5.41) is 0.739. The minimum atomic E-state index is -3.12. The third kappa shape index (κ3) is 7.41. The summed E-state index contributed by atoms with van der Waals surface area (Å²) in [4.78, 5) is 10.8. The Kier molecular flexibility index (Phi) is 9.50. The average Bonchev–Trinajstić information content (AvgIpc) is 3.30. The fraction of sp³-hybridized carbons (Fsp3) is 0.407. The van der Waals surface area contributed by atoms with Gasteiger partial charge in [0.1, 0.15) is 0 Å². The Morgan fingerprint density at radius 1 is 1.31 bits per heavy atom. The van der Waals surface area contributed by atoms with Gasteiger partial charge in [-0.05, 0) is 67.4 Å². The van der Waals surface area contributed by atoms with Crippen LogP contribution in [0.5, 0.6) is 0 Å². The molecule has 1 aromatic heterocycles. The molecule has 0 bridgehead atoms. The van der Waals surface area contributed by atoms with Crippen LogP contribution < -0.4 is 0 Å². The summed E-state index contributed by atoms with van der Waals surface area (Å²) in [6.45, 7) is 3.37. The molecule has 186 valence electrons. The average molecular weight is 513 g/mol. The summed E-state index contributed by atoms with van der Waals surface area (Å²) in [6.07, 6.45) is 19.3. The van der Waals surface area contributed by atoms with Crippen molar-refractivity contribution in [1.29, 1.82) is 0 Å². The lowest BCUT2D eigenvalue weighted by Gasteiger charge is -2.34. The molecule has 1 aliphatic heterocycles. The molecule has 1 atom stereocenters. The van der Waals surface area contributed by atoms with E-state index >= 15 is 0 Å². The van der Waals surface area contributed by atoms with Gasteiger partial charge in [-0.15, -0.1) is 6.42 Å². The van der Waals surface area contributed by atoms with Gasteiger partial charge in [-0.2, -0.15) is 0 Å². The highest BCUT2D eigenvalue weighted by molar-refractivity contribution is 7.88. The number of halogens is 1. The third-order valence-corrected chi connectivity index (χ3v) is 8.11. The molecule has 8 heteroatoms. The Hall–Kier alpha value is -2.66. The minimum absolute atomic E-state index is 0.264. The SMILES string of the molecule is C#CC=NC.CC1=CC(C2CCN(S(C)(=O)=O)CC2)c2ccc(Cl)cc2C=C1CCc1cnc[nH]1. The van der Waals surface area contributed by atoms with Crippen molar-refractivity contribution in [3.8, 4) is 12.3 Å². The molecule has 35 heavy (non-hydrogen) atoms. The molecule has 2 aromatic rings. The van der Waals surface area contributed by atoms with Gasteiger partial charge >= 0.3 is 0 Å². The highest BCUT2D eigenvalue weighted by Gasteiger charge is 2.31. The van der Waals surface area contributed by atoms with Gasteiger partial charge in [0.15, 0.2) is 0 Å². The summed E-state index contributed by atoms with van der Waals surface area (Å²) < 4.78 is 25.4. The molecule has 0 saturated carbocycles. The fourth-order valence-electron chi connectivity index (χ4n) is 4.73. The molecular formula is C27H33ClN4O2S. The predicted molar refractivity (Wildman–Crippen MR) is 145 cm³/mol. The lowest BCUT2D eigenvalue weighted by molar-refractivity contribution is 0.260. The quantitative estimate of drug-likeness (QED) is 0.446. The number of allylic oxidation sites excluding steroid dienone is 3. The first-order valence-corrected chi connectivity index (χ1v) is 13.9. The number of aliphatic imine (C=N–C) groups is 1. The number of piperidine rings is 1. The molecule has 1 fully saturated rings. The number of fused-ring (bicyclic) bond motifs is 1. The Labute approximate surface area is 214 Å². The van der Waals surface area contributed by atoms with Crippen LogP contribution in [0.1, 0.15) is 48.9 Å². The van der Waals surface area contributed by atoms with E-state index in [9.17, 15) is 8.42 Å². The highest BCUT2D eigenvalue weighted by atomic mass is 35.5. The van der Waals surface area contributed by atoms with E-state index in [1.165, 1.54) is 34.7 Å². The zero-order valence-electron chi connectivity index (χ0n) is 20.5. The molecule has 1 N–H and O–H groups in total.